The number of aromatic nitrogens is 3. The Morgan fingerprint density at radius 3 is 3.12 bits per heavy atom. The lowest BCUT2D eigenvalue weighted by atomic mass is 10.2. The second-order valence-electron chi connectivity index (χ2n) is 4.49. The third kappa shape index (κ3) is 1.36. The lowest BCUT2D eigenvalue weighted by Crippen LogP contribution is -2.61. The van der Waals surface area contributed by atoms with E-state index in [9.17, 15) is 0 Å². The number of hydrogen-bond acceptors (Lipinski definition) is 3. The molecule has 0 saturated carbocycles. The van der Waals surface area contributed by atoms with Crippen molar-refractivity contribution in [2.75, 3.05) is 18.0 Å². The molecule has 0 aromatic carbocycles. The fourth-order valence-electron chi connectivity index (χ4n) is 2.36. The Labute approximate surface area is 93.7 Å². The molecule has 4 N–H and O–H groups in total. The van der Waals surface area contributed by atoms with Crippen LogP contribution in [0.3, 0.4) is 0 Å². The van der Waals surface area contributed by atoms with Gasteiger partial charge in [0, 0.05) is 19.2 Å². The van der Waals surface area contributed by atoms with E-state index in [1.807, 2.05) is 6.20 Å². The Balaban J connectivity index is 2.12. The van der Waals surface area contributed by atoms with Gasteiger partial charge in [0.1, 0.15) is 23.8 Å². The minimum absolute atomic E-state index is 0.518. The molecule has 2 aromatic rings. The largest absolute Gasteiger partial charge is 0.354 e. The predicted molar refractivity (Wildman–Crippen MR) is 62.1 cm³/mol. The number of hydrogen-bond donors (Lipinski definition) is 2. The molecule has 1 atom stereocenters. The average molecular weight is 218 g/mol. The maximum absolute atomic E-state index is 4.42. The molecule has 5 heteroatoms. The van der Waals surface area contributed by atoms with Crippen LogP contribution in [0, 0.1) is 6.92 Å². The lowest BCUT2D eigenvalue weighted by Gasteiger charge is -2.16. The summed E-state index contributed by atoms with van der Waals surface area (Å²) in [5.74, 6) is 1.05. The van der Waals surface area contributed by atoms with E-state index in [2.05, 4.69) is 32.5 Å². The summed E-state index contributed by atoms with van der Waals surface area (Å²) in [6.45, 7) is 4.13. The Bertz CT molecular complexity index is 518. The molecule has 1 saturated heterocycles. The fraction of sp³-hybridized carbons (Fsp3) is 0.455. The number of fused-ring (bicyclic) bond motifs is 1. The second kappa shape index (κ2) is 3.45. The van der Waals surface area contributed by atoms with Crippen molar-refractivity contribution >= 4 is 16.9 Å². The molecule has 0 unspecified atom stereocenters. The first-order valence-corrected chi connectivity index (χ1v) is 5.62. The molecule has 0 spiro atoms. The van der Waals surface area contributed by atoms with Crippen LogP contribution in [0.25, 0.3) is 11.0 Å². The van der Waals surface area contributed by atoms with Crippen molar-refractivity contribution in [1.29, 1.82) is 0 Å². The third-order valence-electron chi connectivity index (χ3n) is 3.23. The zero-order chi connectivity index (χ0) is 11.1. The summed E-state index contributed by atoms with van der Waals surface area (Å²) in [5, 5.41) is 1.15. The van der Waals surface area contributed by atoms with Crippen LogP contribution in [0.2, 0.25) is 0 Å². The van der Waals surface area contributed by atoms with Gasteiger partial charge in [-0.2, -0.15) is 0 Å². The number of aromatic amines is 1. The molecule has 1 aliphatic rings. The van der Waals surface area contributed by atoms with E-state index in [1.54, 1.807) is 6.33 Å². The van der Waals surface area contributed by atoms with Gasteiger partial charge < -0.3 is 15.6 Å². The van der Waals surface area contributed by atoms with Crippen LogP contribution in [0.1, 0.15) is 12.0 Å². The topological polar surface area (TPSA) is 72.5 Å². The van der Waals surface area contributed by atoms with Gasteiger partial charge in [-0.3, -0.25) is 0 Å². The van der Waals surface area contributed by atoms with E-state index in [4.69, 9.17) is 0 Å². The summed E-state index contributed by atoms with van der Waals surface area (Å²) in [6.07, 6.45) is 4.76. The fourth-order valence-corrected chi connectivity index (χ4v) is 2.36. The number of quaternary nitrogens is 1. The normalized spacial score (nSPS) is 20.9. The number of rotatable bonds is 1. The van der Waals surface area contributed by atoms with E-state index >= 15 is 0 Å². The van der Waals surface area contributed by atoms with Crippen molar-refractivity contribution in [3.63, 3.8) is 0 Å². The van der Waals surface area contributed by atoms with Crippen LogP contribution in [0.4, 0.5) is 5.82 Å². The summed E-state index contributed by atoms with van der Waals surface area (Å²) in [5.41, 5.74) is 6.24. The molecule has 3 heterocycles. The summed E-state index contributed by atoms with van der Waals surface area (Å²) < 4.78 is 0. The van der Waals surface area contributed by atoms with Gasteiger partial charge >= 0.3 is 0 Å². The van der Waals surface area contributed by atoms with Crippen molar-refractivity contribution < 1.29 is 5.73 Å². The predicted octanol–water partition coefficient (Wildman–Crippen LogP) is 0.0869. The highest BCUT2D eigenvalue weighted by molar-refractivity contribution is 5.90. The van der Waals surface area contributed by atoms with Crippen molar-refractivity contribution in [2.24, 2.45) is 0 Å². The maximum Gasteiger partial charge on any atom is 0.143 e. The standard InChI is InChI=1S/C11H15N5/c1-7-4-13-10-9(7)11(15-6-14-10)16-3-2-8(12)5-16/h4,6,8H,2-3,5,12H2,1H3,(H,13,14,15)/p+1/t8-/m1/s1. The Morgan fingerprint density at radius 1 is 1.50 bits per heavy atom. The summed E-state index contributed by atoms with van der Waals surface area (Å²) >= 11 is 0. The highest BCUT2D eigenvalue weighted by Gasteiger charge is 2.25. The third-order valence-corrected chi connectivity index (χ3v) is 3.23. The van der Waals surface area contributed by atoms with Crippen LogP contribution in [0.5, 0.6) is 0 Å². The van der Waals surface area contributed by atoms with Crippen molar-refractivity contribution in [1.82, 2.24) is 15.0 Å². The zero-order valence-corrected chi connectivity index (χ0v) is 9.40. The highest BCUT2D eigenvalue weighted by Crippen LogP contribution is 2.27. The average Bonchev–Trinajstić information content (AvgIpc) is 2.86. The van der Waals surface area contributed by atoms with Crippen LogP contribution in [0.15, 0.2) is 12.5 Å². The number of aryl methyl sites for hydroxylation is 1. The number of anilines is 1. The van der Waals surface area contributed by atoms with Crippen molar-refractivity contribution in [2.45, 2.75) is 19.4 Å². The Kier molecular flexibility index (Phi) is 2.07. The SMILES string of the molecule is Cc1c[nH]c2ncnc(N3CC[C@@H]([NH3+])C3)c12. The van der Waals surface area contributed by atoms with E-state index in [-0.39, 0.29) is 0 Å². The molecule has 1 aliphatic heterocycles. The molecule has 1 fully saturated rings. The van der Waals surface area contributed by atoms with Gasteiger partial charge in [0.25, 0.3) is 0 Å². The van der Waals surface area contributed by atoms with E-state index in [1.165, 1.54) is 5.56 Å². The second-order valence-corrected chi connectivity index (χ2v) is 4.49. The van der Waals surface area contributed by atoms with Gasteiger partial charge in [0.15, 0.2) is 0 Å². The molecule has 84 valence electrons. The van der Waals surface area contributed by atoms with Crippen LogP contribution in [-0.4, -0.2) is 34.1 Å². The molecule has 2 aromatic heterocycles. The minimum Gasteiger partial charge on any atom is -0.354 e. The van der Waals surface area contributed by atoms with E-state index < -0.39 is 0 Å². The van der Waals surface area contributed by atoms with Gasteiger partial charge in [-0.15, -0.1) is 0 Å². The molecule has 16 heavy (non-hydrogen) atoms. The summed E-state index contributed by atoms with van der Waals surface area (Å²) in [6, 6.07) is 0.518. The summed E-state index contributed by atoms with van der Waals surface area (Å²) in [4.78, 5) is 14.1. The van der Waals surface area contributed by atoms with E-state index in [0.717, 1.165) is 36.4 Å². The minimum atomic E-state index is 0.518. The zero-order valence-electron chi connectivity index (χ0n) is 9.40. The molecule has 3 rings (SSSR count). The van der Waals surface area contributed by atoms with Crippen LogP contribution >= 0.6 is 0 Å². The molecule has 5 nitrogen and oxygen atoms in total. The van der Waals surface area contributed by atoms with Gasteiger partial charge in [-0.25, -0.2) is 9.97 Å². The maximum atomic E-state index is 4.42. The smallest absolute Gasteiger partial charge is 0.143 e. The first-order valence-electron chi connectivity index (χ1n) is 5.62. The lowest BCUT2D eigenvalue weighted by molar-refractivity contribution is -0.412. The molecule has 0 radical (unpaired) electrons. The number of nitrogens with one attached hydrogen (secondary N) is 1. The quantitative estimate of drug-likeness (QED) is 0.712. The molecular weight excluding hydrogens is 202 g/mol. The summed E-state index contributed by atoms with van der Waals surface area (Å²) in [7, 11) is 0. The van der Waals surface area contributed by atoms with Gasteiger partial charge in [-0.05, 0) is 12.5 Å². The molecule has 0 aliphatic carbocycles. The number of H-pyrrole nitrogens is 1. The number of nitrogens with zero attached hydrogens (tertiary/aromatic N) is 3. The molecular formula is C11H16N5+. The van der Waals surface area contributed by atoms with Crippen molar-refractivity contribution in [3.8, 4) is 0 Å². The molecule has 0 bridgehead atoms. The molecule has 0 amide bonds. The van der Waals surface area contributed by atoms with Crippen LogP contribution in [-0.2, 0) is 0 Å². The first-order chi connectivity index (χ1) is 7.75. The Morgan fingerprint density at radius 2 is 2.38 bits per heavy atom. The van der Waals surface area contributed by atoms with E-state index in [0.29, 0.717) is 6.04 Å². The van der Waals surface area contributed by atoms with Gasteiger partial charge in [0.05, 0.1) is 11.9 Å². The van der Waals surface area contributed by atoms with Gasteiger partial charge in [0.2, 0.25) is 0 Å². The van der Waals surface area contributed by atoms with Gasteiger partial charge in [-0.1, -0.05) is 0 Å². The van der Waals surface area contributed by atoms with Crippen molar-refractivity contribution in [3.05, 3.63) is 18.1 Å². The highest BCUT2D eigenvalue weighted by atomic mass is 15.2. The van der Waals surface area contributed by atoms with Crippen LogP contribution < -0.4 is 10.6 Å². The first kappa shape index (κ1) is 9.59. The Hall–Kier alpha value is -1.62. The monoisotopic (exact) mass is 218 g/mol.